The minimum Gasteiger partial charge on any atom is -0.497 e. The van der Waals surface area contributed by atoms with Crippen molar-refractivity contribution in [3.05, 3.63) is 42.0 Å². The number of H-pyrrole nitrogens is 1. The molecule has 22 heavy (non-hydrogen) atoms. The zero-order valence-corrected chi connectivity index (χ0v) is 13.4. The van der Waals surface area contributed by atoms with Crippen LogP contribution >= 0.6 is 0 Å². The molecule has 0 radical (unpaired) electrons. The standard InChI is InChI=1S/C15H19N3O3S/c1-11-10-16-15(17-11)14-7-4-8-18(14)22(19,20)13-6-3-5-12(9-13)21-2/h3,5-6,9-10,14H,4,7-8H2,1-2H3,(H,16,17). The summed E-state index contributed by atoms with van der Waals surface area (Å²) in [5.74, 6) is 1.24. The molecule has 0 spiro atoms. The molecule has 1 aliphatic rings. The number of hydrogen-bond donors (Lipinski definition) is 1. The number of sulfonamides is 1. The normalized spacial score (nSPS) is 19.5. The number of hydrogen-bond acceptors (Lipinski definition) is 4. The van der Waals surface area contributed by atoms with Gasteiger partial charge in [0.15, 0.2) is 0 Å². The Kier molecular flexibility index (Phi) is 3.92. The second kappa shape index (κ2) is 5.73. The largest absolute Gasteiger partial charge is 0.497 e. The van der Waals surface area contributed by atoms with Gasteiger partial charge in [0.2, 0.25) is 10.0 Å². The monoisotopic (exact) mass is 321 g/mol. The minimum atomic E-state index is -3.57. The van der Waals surface area contributed by atoms with E-state index in [0.29, 0.717) is 18.1 Å². The fourth-order valence-corrected chi connectivity index (χ4v) is 4.50. The van der Waals surface area contributed by atoms with Gasteiger partial charge in [-0.15, -0.1) is 0 Å². The highest BCUT2D eigenvalue weighted by Crippen LogP contribution is 2.35. The fraction of sp³-hybridized carbons (Fsp3) is 0.400. The first-order valence-electron chi connectivity index (χ1n) is 7.20. The van der Waals surface area contributed by atoms with Crippen molar-refractivity contribution in [1.29, 1.82) is 0 Å². The maximum absolute atomic E-state index is 12.9. The molecule has 1 N–H and O–H groups in total. The van der Waals surface area contributed by atoms with E-state index in [1.165, 1.54) is 11.4 Å². The van der Waals surface area contributed by atoms with Gasteiger partial charge in [-0.1, -0.05) is 6.07 Å². The lowest BCUT2D eigenvalue weighted by Gasteiger charge is -2.22. The van der Waals surface area contributed by atoms with Gasteiger partial charge in [-0.3, -0.25) is 0 Å². The lowest BCUT2D eigenvalue weighted by molar-refractivity contribution is 0.383. The molecule has 0 amide bonds. The van der Waals surface area contributed by atoms with Crippen molar-refractivity contribution < 1.29 is 13.2 Å². The molecule has 0 saturated carbocycles. The number of aryl methyl sites for hydroxylation is 1. The van der Waals surface area contributed by atoms with Crippen molar-refractivity contribution in [2.24, 2.45) is 0 Å². The second-order valence-electron chi connectivity index (χ2n) is 5.40. The van der Waals surface area contributed by atoms with Gasteiger partial charge in [0.1, 0.15) is 11.6 Å². The van der Waals surface area contributed by atoms with E-state index in [2.05, 4.69) is 9.97 Å². The summed E-state index contributed by atoms with van der Waals surface area (Å²) in [7, 11) is -2.04. The molecule has 1 atom stereocenters. The van der Waals surface area contributed by atoms with Gasteiger partial charge in [-0.05, 0) is 31.9 Å². The van der Waals surface area contributed by atoms with E-state index in [-0.39, 0.29) is 10.9 Å². The number of ether oxygens (including phenoxy) is 1. The molecule has 118 valence electrons. The third-order valence-corrected chi connectivity index (χ3v) is 5.79. The average Bonchev–Trinajstić information content (AvgIpc) is 3.16. The zero-order chi connectivity index (χ0) is 15.7. The quantitative estimate of drug-likeness (QED) is 0.937. The van der Waals surface area contributed by atoms with E-state index in [1.54, 1.807) is 30.5 Å². The van der Waals surface area contributed by atoms with E-state index < -0.39 is 10.0 Å². The Morgan fingerprint density at radius 2 is 2.23 bits per heavy atom. The number of nitrogens with zero attached hydrogens (tertiary/aromatic N) is 2. The Bertz CT molecular complexity index is 770. The molecular formula is C15H19N3O3S. The molecule has 1 aromatic heterocycles. The van der Waals surface area contributed by atoms with Crippen molar-refractivity contribution in [1.82, 2.24) is 14.3 Å². The van der Waals surface area contributed by atoms with Crippen LogP contribution in [0.5, 0.6) is 5.75 Å². The van der Waals surface area contributed by atoms with E-state index in [9.17, 15) is 8.42 Å². The van der Waals surface area contributed by atoms with Gasteiger partial charge in [-0.25, -0.2) is 13.4 Å². The molecule has 6 nitrogen and oxygen atoms in total. The minimum absolute atomic E-state index is 0.232. The van der Waals surface area contributed by atoms with Gasteiger partial charge in [-0.2, -0.15) is 4.31 Å². The predicted octanol–water partition coefficient (Wildman–Crippen LogP) is 2.25. The summed E-state index contributed by atoms with van der Waals surface area (Å²) in [6.07, 6.45) is 3.33. The third kappa shape index (κ3) is 2.62. The molecule has 0 aliphatic carbocycles. The highest BCUT2D eigenvalue weighted by molar-refractivity contribution is 7.89. The van der Waals surface area contributed by atoms with Crippen LogP contribution in [-0.4, -0.2) is 36.3 Å². The number of aromatic nitrogens is 2. The topological polar surface area (TPSA) is 75.3 Å². The first kappa shape index (κ1) is 15.1. The van der Waals surface area contributed by atoms with Crippen LogP contribution in [0.4, 0.5) is 0 Å². The smallest absolute Gasteiger partial charge is 0.243 e. The van der Waals surface area contributed by atoms with Gasteiger partial charge >= 0.3 is 0 Å². The van der Waals surface area contributed by atoms with Crippen LogP contribution in [0, 0.1) is 6.92 Å². The van der Waals surface area contributed by atoms with Crippen LogP contribution in [-0.2, 0) is 10.0 Å². The van der Waals surface area contributed by atoms with Gasteiger partial charge in [0.25, 0.3) is 0 Å². The van der Waals surface area contributed by atoms with Crippen molar-refractivity contribution in [3.8, 4) is 5.75 Å². The van der Waals surface area contributed by atoms with E-state index >= 15 is 0 Å². The Morgan fingerprint density at radius 3 is 2.91 bits per heavy atom. The summed E-state index contributed by atoms with van der Waals surface area (Å²) in [6.45, 7) is 2.41. The second-order valence-corrected chi connectivity index (χ2v) is 7.29. The highest BCUT2D eigenvalue weighted by Gasteiger charge is 2.37. The Morgan fingerprint density at radius 1 is 1.41 bits per heavy atom. The summed E-state index contributed by atoms with van der Waals surface area (Å²) in [5, 5.41) is 0. The van der Waals surface area contributed by atoms with E-state index in [1.807, 2.05) is 6.92 Å². The van der Waals surface area contributed by atoms with Crippen molar-refractivity contribution in [3.63, 3.8) is 0 Å². The number of aromatic amines is 1. The third-order valence-electron chi connectivity index (χ3n) is 3.89. The van der Waals surface area contributed by atoms with Crippen LogP contribution in [0.2, 0.25) is 0 Å². The average molecular weight is 321 g/mol. The summed E-state index contributed by atoms with van der Waals surface area (Å²) in [4.78, 5) is 7.71. The molecule has 2 aromatic rings. The zero-order valence-electron chi connectivity index (χ0n) is 12.6. The molecule has 3 rings (SSSR count). The summed E-state index contributed by atoms with van der Waals surface area (Å²) >= 11 is 0. The van der Waals surface area contributed by atoms with Gasteiger partial charge in [0.05, 0.1) is 18.0 Å². The number of methoxy groups -OCH3 is 1. The van der Waals surface area contributed by atoms with Crippen molar-refractivity contribution >= 4 is 10.0 Å². The Balaban J connectivity index is 1.96. The van der Waals surface area contributed by atoms with Crippen LogP contribution in [0.15, 0.2) is 35.4 Å². The Hall–Kier alpha value is -1.86. The van der Waals surface area contributed by atoms with Gasteiger partial charge < -0.3 is 9.72 Å². The maximum atomic E-state index is 12.9. The molecule has 1 fully saturated rings. The number of benzene rings is 1. The van der Waals surface area contributed by atoms with E-state index in [4.69, 9.17) is 4.74 Å². The van der Waals surface area contributed by atoms with E-state index in [0.717, 1.165) is 18.5 Å². The maximum Gasteiger partial charge on any atom is 0.243 e. The molecule has 7 heteroatoms. The summed E-state index contributed by atoms with van der Waals surface area (Å²) in [5.41, 5.74) is 0.931. The van der Waals surface area contributed by atoms with Gasteiger partial charge in [0, 0.05) is 24.5 Å². The lowest BCUT2D eigenvalue weighted by Crippen LogP contribution is -2.31. The summed E-state index contributed by atoms with van der Waals surface area (Å²) in [6, 6.07) is 6.34. The fourth-order valence-electron chi connectivity index (χ4n) is 2.80. The van der Waals surface area contributed by atoms with Crippen molar-refractivity contribution in [2.75, 3.05) is 13.7 Å². The SMILES string of the molecule is COc1cccc(S(=O)(=O)N2CCCC2c2ncc(C)[nH]2)c1. The first-order valence-corrected chi connectivity index (χ1v) is 8.64. The number of rotatable bonds is 4. The highest BCUT2D eigenvalue weighted by atomic mass is 32.2. The number of imidazole rings is 1. The van der Waals surface area contributed by atoms with Crippen LogP contribution < -0.4 is 4.74 Å². The molecular weight excluding hydrogens is 302 g/mol. The van der Waals surface area contributed by atoms with Crippen LogP contribution in [0.3, 0.4) is 0 Å². The number of nitrogens with one attached hydrogen (secondary N) is 1. The molecule has 1 saturated heterocycles. The predicted molar refractivity (Wildman–Crippen MR) is 82.2 cm³/mol. The Labute approximate surface area is 130 Å². The first-order chi connectivity index (χ1) is 10.5. The van der Waals surface area contributed by atoms with Crippen LogP contribution in [0.1, 0.15) is 30.4 Å². The molecule has 0 bridgehead atoms. The van der Waals surface area contributed by atoms with Crippen LogP contribution in [0.25, 0.3) is 0 Å². The molecule has 1 aromatic carbocycles. The molecule has 1 aliphatic heterocycles. The van der Waals surface area contributed by atoms with Crippen molar-refractivity contribution in [2.45, 2.75) is 30.7 Å². The lowest BCUT2D eigenvalue weighted by atomic mass is 10.2. The molecule has 2 heterocycles. The summed E-state index contributed by atoms with van der Waals surface area (Å²) < 4.78 is 32.5. The molecule has 1 unspecified atom stereocenters.